The number of amidine groups is 1. The van der Waals surface area contributed by atoms with Crippen molar-refractivity contribution in [3.05, 3.63) is 35.6 Å². The molecule has 0 fully saturated rings. The summed E-state index contributed by atoms with van der Waals surface area (Å²) in [5, 5.41) is 13.4. The van der Waals surface area contributed by atoms with E-state index in [1.807, 2.05) is 0 Å². The van der Waals surface area contributed by atoms with Gasteiger partial charge in [0.05, 0.1) is 0 Å². The van der Waals surface area contributed by atoms with Crippen LogP contribution in [0.3, 0.4) is 0 Å². The lowest BCUT2D eigenvalue weighted by atomic mass is 10.1. The molecule has 1 rings (SSSR count). The highest BCUT2D eigenvalue weighted by atomic mass is 19.4. The molecule has 0 bridgehead atoms. The molecule has 1 unspecified atom stereocenters. The van der Waals surface area contributed by atoms with Crippen molar-refractivity contribution in [3.63, 3.8) is 0 Å². The predicted octanol–water partition coefficient (Wildman–Crippen LogP) is 2.40. The molecule has 0 saturated carbocycles. The molecule has 0 aliphatic rings. The summed E-state index contributed by atoms with van der Waals surface area (Å²) in [6, 6.07) is 5.01. The van der Waals surface area contributed by atoms with Crippen molar-refractivity contribution in [3.8, 4) is 0 Å². The summed E-state index contributed by atoms with van der Waals surface area (Å²) < 4.78 is 51.1. The number of benzene rings is 1. The Balaban J connectivity index is 2.73. The van der Waals surface area contributed by atoms with Crippen LogP contribution in [0.1, 0.15) is 18.5 Å². The van der Waals surface area contributed by atoms with Gasteiger partial charge in [0.25, 0.3) is 0 Å². The summed E-state index contributed by atoms with van der Waals surface area (Å²) in [6.45, 7) is 1.02. The van der Waals surface area contributed by atoms with Gasteiger partial charge in [-0.25, -0.2) is 4.39 Å². The Morgan fingerprint density at radius 1 is 1.45 bits per heavy atom. The molecule has 0 amide bonds. The third kappa shape index (κ3) is 4.37. The summed E-state index contributed by atoms with van der Waals surface area (Å²) in [4.78, 5) is 0. The molecule has 0 aromatic heterocycles. The van der Waals surface area contributed by atoms with Crippen molar-refractivity contribution in [2.75, 3.05) is 6.54 Å². The molecule has 1 aromatic carbocycles. The van der Waals surface area contributed by atoms with Gasteiger partial charge < -0.3 is 16.3 Å². The van der Waals surface area contributed by atoms with Crippen molar-refractivity contribution < 1.29 is 22.8 Å². The maximum absolute atomic E-state index is 13.0. The Kier molecular flexibility index (Phi) is 5.32. The van der Waals surface area contributed by atoms with Crippen molar-refractivity contribution in [2.24, 2.45) is 16.8 Å². The first kappa shape index (κ1) is 16.2. The van der Waals surface area contributed by atoms with Crippen LogP contribution in [-0.4, -0.2) is 23.8 Å². The zero-order valence-corrected chi connectivity index (χ0v) is 10.7. The molecule has 112 valence electrons. The SMILES string of the molecule is C[C@H](NCC(/C(N)=N/O)C(F)(F)F)c1cccc(F)c1. The van der Waals surface area contributed by atoms with Gasteiger partial charge in [-0.3, -0.25) is 0 Å². The highest BCUT2D eigenvalue weighted by Crippen LogP contribution is 2.26. The molecule has 2 atom stereocenters. The third-order valence-corrected chi connectivity index (χ3v) is 2.84. The number of nitrogens with zero attached hydrogens (tertiary/aromatic N) is 1. The quantitative estimate of drug-likeness (QED) is 0.257. The maximum Gasteiger partial charge on any atom is 0.400 e. The van der Waals surface area contributed by atoms with Crippen LogP contribution < -0.4 is 11.1 Å². The Morgan fingerprint density at radius 3 is 2.60 bits per heavy atom. The van der Waals surface area contributed by atoms with Gasteiger partial charge in [0.2, 0.25) is 0 Å². The van der Waals surface area contributed by atoms with Gasteiger partial charge in [-0.2, -0.15) is 13.2 Å². The topological polar surface area (TPSA) is 70.6 Å². The first-order chi connectivity index (χ1) is 9.25. The van der Waals surface area contributed by atoms with E-state index in [0.29, 0.717) is 5.56 Å². The monoisotopic (exact) mass is 293 g/mol. The fraction of sp³-hybridized carbons (Fsp3) is 0.417. The lowest BCUT2D eigenvalue weighted by molar-refractivity contribution is -0.155. The smallest absolute Gasteiger partial charge is 0.400 e. The average Bonchev–Trinajstić information content (AvgIpc) is 2.36. The minimum atomic E-state index is -4.63. The molecule has 0 aliphatic carbocycles. The Bertz CT molecular complexity index is 476. The second kappa shape index (κ2) is 6.56. The maximum atomic E-state index is 13.0. The summed E-state index contributed by atoms with van der Waals surface area (Å²) >= 11 is 0. The number of hydrogen-bond acceptors (Lipinski definition) is 3. The van der Waals surface area contributed by atoms with E-state index in [2.05, 4.69) is 10.5 Å². The van der Waals surface area contributed by atoms with E-state index >= 15 is 0 Å². The number of alkyl halides is 3. The lowest BCUT2D eigenvalue weighted by Crippen LogP contribution is -2.43. The largest absolute Gasteiger partial charge is 0.409 e. The van der Waals surface area contributed by atoms with Crippen LogP contribution in [0.15, 0.2) is 29.4 Å². The van der Waals surface area contributed by atoms with E-state index in [1.54, 1.807) is 13.0 Å². The van der Waals surface area contributed by atoms with E-state index in [0.717, 1.165) is 0 Å². The number of nitrogens with two attached hydrogens (primary N) is 1. The number of hydrogen-bond donors (Lipinski definition) is 3. The summed E-state index contributed by atoms with van der Waals surface area (Å²) in [5.74, 6) is -3.50. The normalized spacial score (nSPS) is 15.9. The van der Waals surface area contributed by atoms with Gasteiger partial charge in [-0.15, -0.1) is 0 Å². The molecular formula is C12H15F4N3O. The molecule has 0 spiro atoms. The molecule has 0 saturated heterocycles. The van der Waals surface area contributed by atoms with Crippen molar-refractivity contribution in [2.45, 2.75) is 19.1 Å². The van der Waals surface area contributed by atoms with Crippen molar-refractivity contribution >= 4 is 5.84 Å². The van der Waals surface area contributed by atoms with Gasteiger partial charge in [0, 0.05) is 12.6 Å². The van der Waals surface area contributed by atoms with E-state index in [9.17, 15) is 17.6 Å². The molecule has 0 aliphatic heterocycles. The highest BCUT2D eigenvalue weighted by Gasteiger charge is 2.42. The van der Waals surface area contributed by atoms with E-state index in [1.165, 1.54) is 18.2 Å². The van der Waals surface area contributed by atoms with E-state index in [4.69, 9.17) is 10.9 Å². The Morgan fingerprint density at radius 2 is 2.10 bits per heavy atom. The Hall–Kier alpha value is -1.83. The van der Waals surface area contributed by atoms with E-state index < -0.39 is 36.3 Å². The van der Waals surface area contributed by atoms with Gasteiger partial charge in [-0.1, -0.05) is 17.3 Å². The molecular weight excluding hydrogens is 278 g/mol. The first-order valence-corrected chi connectivity index (χ1v) is 5.78. The van der Waals surface area contributed by atoms with E-state index in [-0.39, 0.29) is 0 Å². The highest BCUT2D eigenvalue weighted by molar-refractivity contribution is 5.83. The number of oxime groups is 1. The second-order valence-electron chi connectivity index (χ2n) is 4.30. The van der Waals surface area contributed by atoms with Gasteiger partial charge >= 0.3 is 6.18 Å². The van der Waals surface area contributed by atoms with Crippen LogP contribution >= 0.6 is 0 Å². The van der Waals surface area contributed by atoms with Crippen LogP contribution in [0.5, 0.6) is 0 Å². The van der Waals surface area contributed by atoms with Gasteiger partial charge in [-0.05, 0) is 24.6 Å². The zero-order chi connectivity index (χ0) is 15.3. The van der Waals surface area contributed by atoms with Crippen LogP contribution in [0.2, 0.25) is 0 Å². The molecule has 0 radical (unpaired) electrons. The fourth-order valence-corrected chi connectivity index (χ4v) is 1.65. The molecule has 0 heterocycles. The standard InChI is InChI=1S/C12H15F4N3O/c1-7(8-3-2-4-9(13)5-8)18-6-10(11(17)19-20)12(14,15)16/h2-5,7,10,18,20H,6H2,1H3,(H2,17,19)/t7-,10?/m0/s1. The third-order valence-electron chi connectivity index (χ3n) is 2.84. The van der Waals surface area contributed by atoms with Crippen LogP contribution in [0.25, 0.3) is 0 Å². The summed E-state index contributed by atoms with van der Waals surface area (Å²) in [5.41, 5.74) is 5.54. The summed E-state index contributed by atoms with van der Waals surface area (Å²) in [7, 11) is 0. The van der Waals surface area contributed by atoms with Gasteiger partial charge in [0.1, 0.15) is 11.7 Å². The van der Waals surface area contributed by atoms with Crippen LogP contribution in [0.4, 0.5) is 17.6 Å². The van der Waals surface area contributed by atoms with Gasteiger partial charge in [0.15, 0.2) is 5.84 Å². The van der Waals surface area contributed by atoms with Crippen molar-refractivity contribution in [1.82, 2.24) is 5.32 Å². The van der Waals surface area contributed by atoms with Crippen LogP contribution in [0, 0.1) is 11.7 Å². The number of nitrogens with one attached hydrogen (secondary N) is 1. The lowest BCUT2D eigenvalue weighted by Gasteiger charge is -2.22. The molecule has 4 N–H and O–H groups in total. The minimum absolute atomic E-state index is 0.472. The molecule has 8 heteroatoms. The van der Waals surface area contributed by atoms with Crippen LogP contribution in [-0.2, 0) is 0 Å². The molecule has 20 heavy (non-hydrogen) atoms. The second-order valence-corrected chi connectivity index (χ2v) is 4.30. The zero-order valence-electron chi connectivity index (χ0n) is 10.7. The van der Waals surface area contributed by atoms with Crippen molar-refractivity contribution in [1.29, 1.82) is 0 Å². The molecule has 1 aromatic rings. The first-order valence-electron chi connectivity index (χ1n) is 5.78. The minimum Gasteiger partial charge on any atom is -0.409 e. The Labute approximate surface area is 113 Å². The fourth-order valence-electron chi connectivity index (χ4n) is 1.65. The average molecular weight is 293 g/mol. The number of halogens is 4. The predicted molar refractivity (Wildman–Crippen MR) is 65.8 cm³/mol. The summed E-state index contributed by atoms with van der Waals surface area (Å²) in [6.07, 6.45) is -4.63. The number of rotatable bonds is 5. The molecule has 4 nitrogen and oxygen atoms in total.